The van der Waals surface area contributed by atoms with Gasteiger partial charge in [0.15, 0.2) is 0 Å². The molecule has 0 aromatic carbocycles. The maximum absolute atomic E-state index is 13.6. The second-order valence-electron chi connectivity index (χ2n) is 9.27. The number of pyridine rings is 1. The number of nitrogens with zero attached hydrogens (tertiary/aromatic N) is 5. The number of carbonyl (C=O) groups is 1. The van der Waals surface area contributed by atoms with Crippen molar-refractivity contribution in [3.05, 3.63) is 45.5 Å². The normalized spacial score (nSPS) is 20.4. The van der Waals surface area contributed by atoms with E-state index in [-0.39, 0.29) is 36.8 Å². The molecule has 0 aliphatic carbocycles. The van der Waals surface area contributed by atoms with Crippen molar-refractivity contribution in [3.8, 4) is 0 Å². The topological polar surface area (TPSA) is 94.7 Å². The molecule has 2 saturated heterocycles. The van der Waals surface area contributed by atoms with E-state index in [0.29, 0.717) is 57.0 Å². The molecule has 2 aliphatic rings. The lowest BCUT2D eigenvalue weighted by molar-refractivity contribution is -0.138. The minimum atomic E-state index is -4.81. The Morgan fingerprint density at radius 2 is 1.92 bits per heavy atom. The van der Waals surface area contributed by atoms with Gasteiger partial charge in [-0.15, -0.1) is 0 Å². The van der Waals surface area contributed by atoms with Crippen LogP contribution < -0.4 is 15.4 Å². The third-order valence-electron chi connectivity index (χ3n) is 6.64. The number of aromatic amines is 1. The van der Waals surface area contributed by atoms with Crippen LogP contribution in [0.15, 0.2) is 29.3 Å². The van der Waals surface area contributed by atoms with Gasteiger partial charge < -0.3 is 19.4 Å². The average Bonchev–Trinajstić information content (AvgIpc) is 3.30. The van der Waals surface area contributed by atoms with Gasteiger partial charge in [0.25, 0.3) is 5.56 Å². The van der Waals surface area contributed by atoms with Crippen LogP contribution in [0.25, 0.3) is 0 Å². The van der Waals surface area contributed by atoms with Crippen molar-refractivity contribution >= 4 is 29.0 Å². The van der Waals surface area contributed by atoms with Gasteiger partial charge in [0, 0.05) is 45.5 Å². The number of anilines is 2. The van der Waals surface area contributed by atoms with Gasteiger partial charge in [-0.2, -0.15) is 18.3 Å². The standard InChI is InChI=1S/C24H30ClF3N6O3/c1-2-7-34(19-14-30-31-23(36)22(19)24(26,27)28)15-18-5-4-17(37-18)12-21(35)33-10-8-32(9-11-33)20-6-3-16(25)13-29-20/h3,6,13-14,17-18H,2,4-5,7-12,15H2,1H3,(H,31,36). The Kier molecular flexibility index (Phi) is 8.58. The maximum Gasteiger partial charge on any atom is 0.423 e. The summed E-state index contributed by atoms with van der Waals surface area (Å²) in [7, 11) is 0. The zero-order chi connectivity index (χ0) is 26.6. The number of halogens is 4. The molecular formula is C24H30ClF3N6O3. The van der Waals surface area contributed by atoms with Gasteiger partial charge in [-0.1, -0.05) is 18.5 Å². The van der Waals surface area contributed by atoms with Gasteiger partial charge >= 0.3 is 6.18 Å². The Bertz CT molecular complexity index is 1120. The Balaban J connectivity index is 1.31. The van der Waals surface area contributed by atoms with Crippen molar-refractivity contribution in [2.45, 2.75) is 51.0 Å². The smallest absolute Gasteiger partial charge is 0.373 e. The summed E-state index contributed by atoms with van der Waals surface area (Å²) in [6.45, 7) is 4.79. The molecule has 13 heteroatoms. The number of H-pyrrole nitrogens is 1. The van der Waals surface area contributed by atoms with Crippen LogP contribution in [-0.4, -0.2) is 77.5 Å². The highest BCUT2D eigenvalue weighted by Gasteiger charge is 2.39. The van der Waals surface area contributed by atoms with Gasteiger partial charge in [0.2, 0.25) is 5.91 Å². The summed E-state index contributed by atoms with van der Waals surface area (Å²) in [5.41, 5.74) is -2.78. The van der Waals surface area contributed by atoms with E-state index in [4.69, 9.17) is 16.3 Å². The molecule has 0 spiro atoms. The van der Waals surface area contributed by atoms with E-state index in [2.05, 4.69) is 15.0 Å². The fourth-order valence-corrected chi connectivity index (χ4v) is 4.97. The SMILES string of the molecule is CCCN(CC1CCC(CC(=O)N2CCN(c3ccc(Cl)cn3)CC2)O1)c1cn[nH]c(=O)c1C(F)(F)F. The summed E-state index contributed by atoms with van der Waals surface area (Å²) in [5, 5.41) is 6.03. The fraction of sp³-hybridized carbons (Fsp3) is 0.583. The molecule has 2 aliphatic heterocycles. The average molecular weight is 543 g/mol. The summed E-state index contributed by atoms with van der Waals surface area (Å²) in [6.07, 6.45) is -0.752. The number of hydrogen-bond acceptors (Lipinski definition) is 7. The number of ether oxygens (including phenoxy) is 1. The van der Waals surface area contributed by atoms with Crippen LogP contribution in [0.1, 0.15) is 38.2 Å². The number of piperazine rings is 1. The summed E-state index contributed by atoms with van der Waals surface area (Å²) in [5.74, 6) is 0.817. The molecule has 4 heterocycles. The third-order valence-corrected chi connectivity index (χ3v) is 6.87. The molecule has 0 bridgehead atoms. The zero-order valence-corrected chi connectivity index (χ0v) is 21.3. The molecule has 4 rings (SSSR count). The number of rotatable bonds is 8. The molecular weight excluding hydrogens is 513 g/mol. The van der Waals surface area contributed by atoms with Crippen LogP contribution in [0, 0.1) is 0 Å². The van der Waals surface area contributed by atoms with Crippen molar-refractivity contribution in [2.75, 3.05) is 49.1 Å². The monoisotopic (exact) mass is 542 g/mol. The van der Waals surface area contributed by atoms with Gasteiger partial charge in [0.1, 0.15) is 11.4 Å². The first-order valence-corrected chi connectivity index (χ1v) is 12.7. The predicted molar refractivity (Wildman–Crippen MR) is 133 cm³/mol. The molecule has 0 radical (unpaired) electrons. The Morgan fingerprint density at radius 1 is 1.19 bits per heavy atom. The number of aromatic nitrogens is 3. The van der Waals surface area contributed by atoms with E-state index in [1.165, 1.54) is 4.90 Å². The number of hydrogen-bond donors (Lipinski definition) is 1. The number of alkyl halides is 3. The van der Waals surface area contributed by atoms with Crippen molar-refractivity contribution in [1.29, 1.82) is 0 Å². The number of amides is 1. The molecule has 2 aromatic rings. The predicted octanol–water partition coefficient (Wildman–Crippen LogP) is 3.34. The lowest BCUT2D eigenvalue weighted by atomic mass is 10.1. The highest BCUT2D eigenvalue weighted by molar-refractivity contribution is 6.30. The first-order valence-electron chi connectivity index (χ1n) is 12.3. The van der Waals surface area contributed by atoms with Crippen LogP contribution in [-0.2, 0) is 15.7 Å². The van der Waals surface area contributed by atoms with E-state index in [1.54, 1.807) is 12.3 Å². The fourth-order valence-electron chi connectivity index (χ4n) is 4.86. The summed E-state index contributed by atoms with van der Waals surface area (Å²) in [4.78, 5) is 34.6. The quantitative estimate of drug-likeness (QED) is 0.547. The molecule has 2 atom stereocenters. The third kappa shape index (κ3) is 6.72. The Hall–Kier alpha value is -2.86. The molecule has 2 fully saturated rings. The summed E-state index contributed by atoms with van der Waals surface area (Å²) < 4.78 is 46.8. The minimum absolute atomic E-state index is 0.00192. The van der Waals surface area contributed by atoms with Crippen LogP contribution >= 0.6 is 11.6 Å². The molecule has 2 aromatic heterocycles. The maximum atomic E-state index is 13.6. The zero-order valence-electron chi connectivity index (χ0n) is 20.5. The van der Waals surface area contributed by atoms with Crippen LogP contribution in [0.3, 0.4) is 0 Å². The van der Waals surface area contributed by atoms with E-state index in [1.807, 2.05) is 23.0 Å². The van der Waals surface area contributed by atoms with Crippen molar-refractivity contribution < 1.29 is 22.7 Å². The van der Waals surface area contributed by atoms with Crippen LogP contribution in [0.2, 0.25) is 5.02 Å². The highest BCUT2D eigenvalue weighted by atomic mass is 35.5. The number of nitrogens with one attached hydrogen (secondary N) is 1. The second kappa shape index (κ2) is 11.7. The van der Waals surface area contributed by atoms with Gasteiger partial charge in [0.05, 0.1) is 35.5 Å². The first kappa shape index (κ1) is 27.2. The first-order chi connectivity index (χ1) is 17.7. The lowest BCUT2D eigenvalue weighted by Gasteiger charge is -2.36. The number of carbonyl (C=O) groups excluding carboxylic acids is 1. The largest absolute Gasteiger partial charge is 0.423 e. The van der Waals surface area contributed by atoms with Crippen LogP contribution in [0.5, 0.6) is 0 Å². The van der Waals surface area contributed by atoms with Crippen molar-refractivity contribution in [1.82, 2.24) is 20.1 Å². The van der Waals surface area contributed by atoms with E-state index >= 15 is 0 Å². The van der Waals surface area contributed by atoms with E-state index in [9.17, 15) is 22.8 Å². The molecule has 2 unspecified atom stereocenters. The summed E-state index contributed by atoms with van der Waals surface area (Å²) in [6, 6.07) is 3.64. The van der Waals surface area contributed by atoms with Gasteiger partial charge in [-0.3, -0.25) is 9.59 Å². The molecule has 9 nitrogen and oxygen atoms in total. The van der Waals surface area contributed by atoms with E-state index in [0.717, 1.165) is 12.0 Å². The molecule has 1 N–H and O–H groups in total. The van der Waals surface area contributed by atoms with E-state index < -0.39 is 17.3 Å². The molecule has 37 heavy (non-hydrogen) atoms. The van der Waals surface area contributed by atoms with Crippen LogP contribution in [0.4, 0.5) is 24.7 Å². The Morgan fingerprint density at radius 3 is 2.57 bits per heavy atom. The molecule has 202 valence electrons. The molecule has 0 saturated carbocycles. The highest BCUT2D eigenvalue weighted by Crippen LogP contribution is 2.34. The van der Waals surface area contributed by atoms with Gasteiger partial charge in [-0.25, -0.2) is 10.1 Å². The summed E-state index contributed by atoms with van der Waals surface area (Å²) >= 11 is 5.90. The van der Waals surface area contributed by atoms with Gasteiger partial charge in [-0.05, 0) is 31.4 Å². The Labute approximate surface area is 217 Å². The molecule has 1 amide bonds. The van der Waals surface area contributed by atoms with Crippen molar-refractivity contribution in [2.24, 2.45) is 0 Å². The minimum Gasteiger partial charge on any atom is -0.373 e. The second-order valence-corrected chi connectivity index (χ2v) is 9.70. The lowest BCUT2D eigenvalue weighted by Crippen LogP contribution is -2.49. The van der Waals surface area contributed by atoms with Crippen molar-refractivity contribution in [3.63, 3.8) is 0 Å².